The summed E-state index contributed by atoms with van der Waals surface area (Å²) in [7, 11) is 1.32. The zero-order valence-electron chi connectivity index (χ0n) is 16.0. The van der Waals surface area contributed by atoms with Gasteiger partial charge in [0, 0.05) is 24.8 Å². The van der Waals surface area contributed by atoms with E-state index >= 15 is 0 Å². The van der Waals surface area contributed by atoms with Crippen LogP contribution in [0.1, 0.15) is 15.9 Å². The smallest absolute Gasteiger partial charge is 0.337 e. The van der Waals surface area contributed by atoms with Crippen LogP contribution in [0.4, 0.5) is 5.69 Å². The second-order valence-electron chi connectivity index (χ2n) is 6.09. The minimum absolute atomic E-state index is 0.0229. The quantitative estimate of drug-likeness (QED) is 0.198. The summed E-state index contributed by atoms with van der Waals surface area (Å²) in [6.07, 6.45) is 4.52. The molecule has 30 heavy (non-hydrogen) atoms. The van der Waals surface area contributed by atoms with Gasteiger partial charge in [-0.2, -0.15) is 4.99 Å². The Hall–Kier alpha value is -3.85. The van der Waals surface area contributed by atoms with E-state index < -0.39 is 16.8 Å². The predicted octanol–water partition coefficient (Wildman–Crippen LogP) is 3.72. The van der Waals surface area contributed by atoms with Crippen LogP contribution in [0, 0.1) is 10.1 Å². The SMILES string of the molecule is C=CCn1c(=NC(=O)/C=C\c2ccc([N+](=O)[O-])cc2)sc2cc(C(=O)OC)ccc21. The monoisotopic (exact) mass is 423 g/mol. The Labute approximate surface area is 175 Å². The summed E-state index contributed by atoms with van der Waals surface area (Å²) in [4.78, 5) is 38.9. The molecule has 0 saturated carbocycles. The Morgan fingerprint density at radius 3 is 2.63 bits per heavy atom. The molecule has 0 aliphatic carbocycles. The second kappa shape index (κ2) is 9.10. The number of rotatable bonds is 6. The number of benzene rings is 2. The fourth-order valence-corrected chi connectivity index (χ4v) is 3.80. The van der Waals surface area contributed by atoms with E-state index in [1.54, 1.807) is 36.4 Å². The van der Waals surface area contributed by atoms with Crippen LogP contribution in [0.2, 0.25) is 0 Å². The molecule has 0 atom stereocenters. The van der Waals surface area contributed by atoms with Crippen molar-refractivity contribution in [3.8, 4) is 0 Å². The third-order valence-corrected chi connectivity index (χ3v) is 5.18. The van der Waals surface area contributed by atoms with Crippen molar-refractivity contribution in [1.82, 2.24) is 4.57 Å². The average molecular weight is 423 g/mol. The summed E-state index contributed by atoms with van der Waals surface area (Å²) in [6.45, 7) is 4.18. The minimum Gasteiger partial charge on any atom is -0.465 e. The Balaban J connectivity index is 1.94. The largest absolute Gasteiger partial charge is 0.465 e. The molecule has 0 N–H and O–H groups in total. The molecule has 9 heteroatoms. The molecule has 0 fully saturated rings. The second-order valence-corrected chi connectivity index (χ2v) is 7.10. The molecular formula is C21H17N3O5S. The maximum atomic E-state index is 12.3. The number of carbonyl (C=O) groups is 2. The average Bonchev–Trinajstić information content (AvgIpc) is 3.08. The van der Waals surface area contributed by atoms with Gasteiger partial charge in [-0.1, -0.05) is 17.4 Å². The van der Waals surface area contributed by atoms with Gasteiger partial charge in [0.15, 0.2) is 4.80 Å². The van der Waals surface area contributed by atoms with Gasteiger partial charge >= 0.3 is 5.97 Å². The molecule has 0 bridgehead atoms. The lowest BCUT2D eigenvalue weighted by molar-refractivity contribution is -0.384. The molecule has 2 aromatic carbocycles. The first-order chi connectivity index (χ1) is 14.4. The number of esters is 1. The number of thiazole rings is 1. The number of nitro groups is 1. The summed E-state index contributed by atoms with van der Waals surface area (Å²) in [6, 6.07) is 11.0. The van der Waals surface area contributed by atoms with Gasteiger partial charge in [0.2, 0.25) is 0 Å². The van der Waals surface area contributed by atoms with Crippen molar-refractivity contribution in [1.29, 1.82) is 0 Å². The van der Waals surface area contributed by atoms with E-state index in [4.69, 9.17) is 4.74 Å². The zero-order chi connectivity index (χ0) is 21.7. The molecule has 0 radical (unpaired) electrons. The first-order valence-corrected chi connectivity index (χ1v) is 9.58. The Bertz CT molecular complexity index is 1240. The maximum Gasteiger partial charge on any atom is 0.337 e. The molecular weight excluding hydrogens is 406 g/mol. The summed E-state index contributed by atoms with van der Waals surface area (Å²) < 4.78 is 7.36. The number of nitrogens with zero attached hydrogens (tertiary/aromatic N) is 3. The molecule has 0 spiro atoms. The summed E-state index contributed by atoms with van der Waals surface area (Å²) in [5.41, 5.74) is 1.85. The number of hydrogen-bond donors (Lipinski definition) is 0. The van der Waals surface area contributed by atoms with Gasteiger partial charge < -0.3 is 9.30 Å². The number of fused-ring (bicyclic) bond motifs is 1. The van der Waals surface area contributed by atoms with Gasteiger partial charge in [0.25, 0.3) is 11.6 Å². The van der Waals surface area contributed by atoms with Gasteiger partial charge in [0.1, 0.15) is 0 Å². The van der Waals surface area contributed by atoms with Crippen LogP contribution in [0.25, 0.3) is 16.3 Å². The van der Waals surface area contributed by atoms with E-state index in [1.165, 1.54) is 42.7 Å². The van der Waals surface area contributed by atoms with Crippen LogP contribution < -0.4 is 4.80 Å². The van der Waals surface area contributed by atoms with E-state index in [-0.39, 0.29) is 5.69 Å². The van der Waals surface area contributed by atoms with E-state index in [2.05, 4.69) is 11.6 Å². The van der Waals surface area contributed by atoms with E-state index in [9.17, 15) is 19.7 Å². The Morgan fingerprint density at radius 2 is 2.00 bits per heavy atom. The molecule has 1 heterocycles. The Kier molecular flexibility index (Phi) is 6.33. The summed E-state index contributed by atoms with van der Waals surface area (Å²) in [5, 5.41) is 10.7. The van der Waals surface area contributed by atoms with Crippen LogP contribution in [0.3, 0.4) is 0 Å². The first kappa shape index (κ1) is 20.9. The highest BCUT2D eigenvalue weighted by Gasteiger charge is 2.11. The van der Waals surface area contributed by atoms with Crippen molar-refractivity contribution < 1.29 is 19.2 Å². The van der Waals surface area contributed by atoms with Crippen molar-refractivity contribution in [2.75, 3.05) is 7.11 Å². The van der Waals surface area contributed by atoms with Gasteiger partial charge in [-0.3, -0.25) is 14.9 Å². The number of nitro benzene ring substituents is 1. The van der Waals surface area contributed by atoms with E-state index in [0.717, 1.165) is 10.2 Å². The van der Waals surface area contributed by atoms with Crippen molar-refractivity contribution in [3.05, 3.63) is 87.2 Å². The lowest BCUT2D eigenvalue weighted by Crippen LogP contribution is -2.15. The predicted molar refractivity (Wildman–Crippen MR) is 114 cm³/mol. The molecule has 0 aliphatic heterocycles. The number of allylic oxidation sites excluding steroid dienone is 1. The molecule has 0 saturated heterocycles. The fraction of sp³-hybridized carbons (Fsp3) is 0.0952. The molecule has 3 aromatic rings. The molecule has 1 amide bonds. The maximum absolute atomic E-state index is 12.3. The standard InChI is InChI=1S/C21H17N3O5S/c1-3-12-23-17-10-7-15(20(26)29-2)13-18(17)30-21(23)22-19(25)11-6-14-4-8-16(9-5-14)24(27)28/h3-11,13H,1,12H2,2H3/b11-6-,22-21?. The summed E-state index contributed by atoms with van der Waals surface area (Å²) in [5.74, 6) is -0.924. The van der Waals surface area contributed by atoms with Gasteiger partial charge in [0.05, 0.1) is 27.8 Å². The van der Waals surface area contributed by atoms with Gasteiger partial charge in [-0.15, -0.1) is 6.58 Å². The van der Waals surface area contributed by atoms with Crippen molar-refractivity contribution in [3.63, 3.8) is 0 Å². The number of amides is 1. The first-order valence-electron chi connectivity index (χ1n) is 8.76. The highest BCUT2D eigenvalue weighted by molar-refractivity contribution is 7.16. The van der Waals surface area contributed by atoms with Gasteiger partial charge in [-0.05, 0) is 42.0 Å². The molecule has 0 unspecified atom stereocenters. The lowest BCUT2D eigenvalue weighted by Gasteiger charge is -2.02. The lowest BCUT2D eigenvalue weighted by atomic mass is 10.2. The number of methoxy groups -OCH3 is 1. The summed E-state index contributed by atoms with van der Waals surface area (Å²) >= 11 is 1.27. The van der Waals surface area contributed by atoms with Crippen LogP contribution in [-0.2, 0) is 16.1 Å². The highest BCUT2D eigenvalue weighted by Crippen LogP contribution is 2.20. The molecule has 1 aromatic heterocycles. The zero-order valence-corrected chi connectivity index (χ0v) is 16.8. The van der Waals surface area contributed by atoms with Crippen LogP contribution in [0.15, 0.2) is 66.2 Å². The normalized spacial score (nSPS) is 11.7. The molecule has 152 valence electrons. The number of aromatic nitrogens is 1. The molecule has 0 aliphatic rings. The molecule has 3 rings (SSSR count). The highest BCUT2D eigenvalue weighted by atomic mass is 32.1. The topological polar surface area (TPSA) is 104 Å². The van der Waals surface area contributed by atoms with Crippen LogP contribution in [0.5, 0.6) is 0 Å². The van der Waals surface area contributed by atoms with E-state index in [1.807, 2.05) is 4.57 Å². The van der Waals surface area contributed by atoms with Crippen molar-refractivity contribution in [2.45, 2.75) is 6.54 Å². The van der Waals surface area contributed by atoms with Crippen LogP contribution >= 0.6 is 11.3 Å². The van der Waals surface area contributed by atoms with Gasteiger partial charge in [-0.25, -0.2) is 4.79 Å². The number of hydrogen-bond acceptors (Lipinski definition) is 6. The third-order valence-electron chi connectivity index (χ3n) is 4.14. The fourth-order valence-electron chi connectivity index (χ4n) is 2.72. The Morgan fingerprint density at radius 1 is 1.27 bits per heavy atom. The number of ether oxygens (including phenoxy) is 1. The minimum atomic E-state index is -0.487. The van der Waals surface area contributed by atoms with Crippen molar-refractivity contribution in [2.24, 2.45) is 4.99 Å². The van der Waals surface area contributed by atoms with E-state index in [0.29, 0.717) is 22.5 Å². The van der Waals surface area contributed by atoms with Crippen molar-refractivity contribution >= 4 is 45.2 Å². The van der Waals surface area contributed by atoms with Crippen LogP contribution in [-0.4, -0.2) is 28.5 Å². The molecule has 8 nitrogen and oxygen atoms in total. The number of carbonyl (C=O) groups excluding carboxylic acids is 2. The number of non-ortho nitro benzene ring substituents is 1. The third kappa shape index (κ3) is 4.58.